The second-order valence-electron chi connectivity index (χ2n) is 2.73. The molecule has 0 radical (unpaired) electrons. The minimum Gasteiger partial charge on any atom is -0.320 e. The zero-order valence-corrected chi connectivity index (χ0v) is 7.37. The molecule has 0 aliphatic rings. The number of nitrogens with one attached hydrogen (secondary N) is 1. The second kappa shape index (κ2) is 4.27. The van der Waals surface area contributed by atoms with Crippen LogP contribution in [0.25, 0.3) is 4.85 Å². The van der Waals surface area contributed by atoms with Crippen molar-refractivity contribution in [2.75, 3.05) is 11.9 Å². The average molecular weight is 174 g/mol. The van der Waals surface area contributed by atoms with E-state index in [1.54, 1.807) is 6.07 Å². The lowest BCUT2D eigenvalue weighted by Gasteiger charge is -2.01. The van der Waals surface area contributed by atoms with Gasteiger partial charge in [-0.1, -0.05) is 12.1 Å². The number of anilines is 1. The number of benzene rings is 1. The zero-order valence-electron chi connectivity index (χ0n) is 7.37. The van der Waals surface area contributed by atoms with Crippen LogP contribution in [0.2, 0.25) is 0 Å². The van der Waals surface area contributed by atoms with Crippen LogP contribution in [0.1, 0.15) is 5.56 Å². The summed E-state index contributed by atoms with van der Waals surface area (Å²) in [4.78, 5) is 14.0. The first-order valence-corrected chi connectivity index (χ1v) is 3.92. The summed E-state index contributed by atoms with van der Waals surface area (Å²) < 4.78 is 0. The molecular weight excluding hydrogens is 164 g/mol. The maximum absolute atomic E-state index is 11.0. The van der Waals surface area contributed by atoms with E-state index in [2.05, 4.69) is 10.2 Å². The fourth-order valence-corrected chi connectivity index (χ4v) is 0.995. The zero-order chi connectivity index (χ0) is 9.68. The molecule has 66 valence electrons. The van der Waals surface area contributed by atoms with Crippen molar-refractivity contribution in [3.8, 4) is 0 Å². The molecule has 0 saturated heterocycles. The fraction of sp³-hybridized carbons (Fsp3) is 0.200. The topological polar surface area (TPSA) is 33.5 Å². The van der Waals surface area contributed by atoms with Gasteiger partial charge >= 0.3 is 5.91 Å². The van der Waals surface area contributed by atoms with Crippen molar-refractivity contribution in [2.45, 2.75) is 6.92 Å². The number of rotatable bonds is 2. The highest BCUT2D eigenvalue weighted by Gasteiger charge is 2.03. The molecule has 0 aliphatic carbocycles. The van der Waals surface area contributed by atoms with Gasteiger partial charge < -0.3 is 10.2 Å². The minimum atomic E-state index is -0.263. The number of nitrogens with zero attached hydrogens (tertiary/aromatic N) is 1. The highest BCUT2D eigenvalue weighted by molar-refractivity contribution is 5.93. The molecule has 0 fully saturated rings. The summed E-state index contributed by atoms with van der Waals surface area (Å²) in [5.74, 6) is -0.263. The van der Waals surface area contributed by atoms with E-state index in [9.17, 15) is 4.79 Å². The average Bonchev–Trinajstić information content (AvgIpc) is 2.04. The van der Waals surface area contributed by atoms with Crippen molar-refractivity contribution >= 4 is 11.6 Å². The van der Waals surface area contributed by atoms with E-state index in [0.717, 1.165) is 11.3 Å². The third kappa shape index (κ3) is 2.96. The largest absolute Gasteiger partial charge is 0.320 e. The van der Waals surface area contributed by atoms with Gasteiger partial charge in [0.05, 0.1) is 0 Å². The summed E-state index contributed by atoms with van der Waals surface area (Å²) in [7, 11) is 0. The first-order valence-electron chi connectivity index (χ1n) is 3.92. The van der Waals surface area contributed by atoms with Crippen molar-refractivity contribution in [3.63, 3.8) is 0 Å². The molecule has 3 heteroatoms. The molecule has 0 bridgehead atoms. The molecular formula is C10H10N2O. The van der Waals surface area contributed by atoms with Crippen LogP contribution in [0.5, 0.6) is 0 Å². The highest BCUT2D eigenvalue weighted by atomic mass is 16.1. The fourth-order valence-electron chi connectivity index (χ4n) is 0.995. The van der Waals surface area contributed by atoms with Gasteiger partial charge in [-0.05, 0) is 24.6 Å². The van der Waals surface area contributed by atoms with Gasteiger partial charge in [-0.25, -0.2) is 6.57 Å². The number of hydrogen-bond acceptors (Lipinski definition) is 1. The molecule has 0 saturated carbocycles. The van der Waals surface area contributed by atoms with Gasteiger partial charge in [-0.3, -0.25) is 4.79 Å². The van der Waals surface area contributed by atoms with Gasteiger partial charge in [0.15, 0.2) is 0 Å². The molecule has 0 heterocycles. The maximum atomic E-state index is 11.0. The van der Waals surface area contributed by atoms with Crippen molar-refractivity contribution in [1.29, 1.82) is 0 Å². The van der Waals surface area contributed by atoms with Crippen LogP contribution in [-0.2, 0) is 4.79 Å². The smallest absolute Gasteiger partial charge is 0.304 e. The van der Waals surface area contributed by atoms with E-state index in [0.29, 0.717) is 0 Å². The molecule has 1 rings (SSSR count). The van der Waals surface area contributed by atoms with E-state index in [1.165, 1.54) is 0 Å². The Kier molecular flexibility index (Phi) is 3.04. The van der Waals surface area contributed by atoms with Crippen molar-refractivity contribution in [1.82, 2.24) is 0 Å². The van der Waals surface area contributed by atoms with Crippen LogP contribution in [0.3, 0.4) is 0 Å². The molecule has 1 aromatic carbocycles. The predicted molar refractivity (Wildman–Crippen MR) is 51.3 cm³/mol. The number of carbonyl (C=O) groups excluding carboxylic acids is 1. The molecule has 0 unspecified atom stereocenters. The first kappa shape index (κ1) is 9.27. The predicted octanol–water partition coefficient (Wildman–Crippen LogP) is 1.85. The molecule has 13 heavy (non-hydrogen) atoms. The summed E-state index contributed by atoms with van der Waals surface area (Å²) >= 11 is 0. The van der Waals surface area contributed by atoms with E-state index in [4.69, 9.17) is 6.57 Å². The molecule has 3 nitrogen and oxygen atoms in total. The lowest BCUT2D eigenvalue weighted by atomic mass is 10.2. The lowest BCUT2D eigenvalue weighted by molar-refractivity contribution is -0.114. The van der Waals surface area contributed by atoms with Crippen LogP contribution < -0.4 is 5.32 Å². The van der Waals surface area contributed by atoms with E-state index in [1.807, 2.05) is 25.1 Å². The monoisotopic (exact) mass is 174 g/mol. The Morgan fingerprint density at radius 1 is 1.62 bits per heavy atom. The molecule has 0 aliphatic heterocycles. The van der Waals surface area contributed by atoms with Gasteiger partial charge in [0.25, 0.3) is 6.54 Å². The summed E-state index contributed by atoms with van der Waals surface area (Å²) in [6, 6.07) is 7.48. The number of carbonyl (C=O) groups is 1. The number of hydrogen-bond donors (Lipinski definition) is 1. The maximum Gasteiger partial charge on any atom is 0.304 e. The standard InChI is InChI=1S/C10H10N2O/c1-8-4-3-5-9(6-8)12-10(13)7-11-2/h3-6H,7H2,1H3,(H,12,13). The second-order valence-corrected chi connectivity index (χ2v) is 2.73. The number of amides is 1. The third-order valence-corrected chi connectivity index (χ3v) is 1.52. The summed E-state index contributed by atoms with van der Waals surface area (Å²) in [5, 5.41) is 2.63. The van der Waals surface area contributed by atoms with E-state index >= 15 is 0 Å². The highest BCUT2D eigenvalue weighted by Crippen LogP contribution is 2.08. The van der Waals surface area contributed by atoms with Crippen molar-refractivity contribution < 1.29 is 4.79 Å². The van der Waals surface area contributed by atoms with Gasteiger partial charge in [0, 0.05) is 5.69 Å². The number of aryl methyl sites for hydroxylation is 1. The van der Waals surface area contributed by atoms with Crippen LogP contribution >= 0.6 is 0 Å². The van der Waals surface area contributed by atoms with E-state index in [-0.39, 0.29) is 12.5 Å². The van der Waals surface area contributed by atoms with Crippen LogP contribution in [-0.4, -0.2) is 12.5 Å². The van der Waals surface area contributed by atoms with Crippen LogP contribution in [0.4, 0.5) is 5.69 Å². The SMILES string of the molecule is [C-]#[N+]CC(=O)Nc1cccc(C)c1. The Balaban J connectivity index is 2.65. The molecule has 0 spiro atoms. The van der Waals surface area contributed by atoms with E-state index < -0.39 is 0 Å². The van der Waals surface area contributed by atoms with Gasteiger partial charge in [0.2, 0.25) is 0 Å². The van der Waals surface area contributed by atoms with Crippen molar-refractivity contribution in [2.24, 2.45) is 0 Å². The Bertz CT molecular complexity index is 352. The van der Waals surface area contributed by atoms with Crippen molar-refractivity contribution in [3.05, 3.63) is 41.2 Å². The quantitative estimate of drug-likeness (QED) is 0.682. The lowest BCUT2D eigenvalue weighted by Crippen LogP contribution is -2.13. The van der Waals surface area contributed by atoms with Gasteiger partial charge in [0.1, 0.15) is 0 Å². The third-order valence-electron chi connectivity index (χ3n) is 1.52. The molecule has 0 aromatic heterocycles. The Labute approximate surface area is 77.2 Å². The minimum absolute atomic E-state index is 0.117. The molecule has 0 atom stereocenters. The van der Waals surface area contributed by atoms with Gasteiger partial charge in [-0.15, -0.1) is 0 Å². The van der Waals surface area contributed by atoms with Crippen LogP contribution in [0.15, 0.2) is 24.3 Å². The Morgan fingerprint density at radius 3 is 3.00 bits per heavy atom. The normalized spacial score (nSPS) is 8.92. The van der Waals surface area contributed by atoms with Gasteiger partial charge in [-0.2, -0.15) is 0 Å². The first-order chi connectivity index (χ1) is 6.22. The molecule has 1 aromatic rings. The molecule has 1 amide bonds. The Hall–Kier alpha value is -1.82. The molecule has 1 N–H and O–H groups in total. The Morgan fingerprint density at radius 2 is 2.38 bits per heavy atom. The summed E-state index contributed by atoms with van der Waals surface area (Å²) in [6.07, 6.45) is 0. The summed E-state index contributed by atoms with van der Waals surface area (Å²) in [5.41, 5.74) is 1.83. The van der Waals surface area contributed by atoms with Crippen LogP contribution in [0, 0.1) is 13.5 Å². The summed E-state index contributed by atoms with van der Waals surface area (Å²) in [6.45, 7) is 8.34.